The first-order valence-electron chi connectivity index (χ1n) is 8.13. The number of rotatable bonds is 4. The van der Waals surface area contributed by atoms with Crippen LogP contribution < -0.4 is 10.6 Å². The number of halogens is 1. The van der Waals surface area contributed by atoms with E-state index in [1.54, 1.807) is 41.3 Å². The van der Waals surface area contributed by atoms with Crippen molar-refractivity contribution in [1.29, 1.82) is 0 Å². The molecule has 0 unspecified atom stereocenters. The Balaban J connectivity index is 1.63. The molecule has 1 aliphatic carbocycles. The molecule has 0 bridgehead atoms. The second-order valence-corrected chi connectivity index (χ2v) is 6.53. The zero-order chi connectivity index (χ0) is 17.8. The highest BCUT2D eigenvalue weighted by Gasteiger charge is 2.26. The second-order valence-electron chi connectivity index (χ2n) is 6.10. The summed E-state index contributed by atoms with van der Waals surface area (Å²) >= 11 is 6.05. The molecule has 0 spiro atoms. The molecule has 1 fully saturated rings. The first kappa shape index (κ1) is 17.3. The number of nitrogens with one attached hydrogen (secondary N) is 2. The van der Waals surface area contributed by atoms with Gasteiger partial charge in [0.05, 0.1) is 17.3 Å². The first-order chi connectivity index (χ1) is 12.0. The SMILES string of the molecule is O=C(Nc1ccc(Cl)cc1-n1cccn1)NC1CCC(C(=O)O)CC1. The number of carboxylic acids is 1. The third kappa shape index (κ3) is 4.30. The van der Waals surface area contributed by atoms with E-state index in [1.165, 1.54) is 0 Å². The Morgan fingerprint density at radius 2 is 2.00 bits per heavy atom. The smallest absolute Gasteiger partial charge is 0.319 e. The first-order valence-corrected chi connectivity index (χ1v) is 8.50. The summed E-state index contributed by atoms with van der Waals surface area (Å²) in [7, 11) is 0. The molecule has 1 saturated carbocycles. The van der Waals surface area contributed by atoms with Crippen molar-refractivity contribution < 1.29 is 14.7 Å². The molecule has 25 heavy (non-hydrogen) atoms. The van der Waals surface area contributed by atoms with E-state index in [1.807, 2.05) is 0 Å². The number of aromatic nitrogens is 2. The average Bonchev–Trinajstić information content (AvgIpc) is 3.11. The normalized spacial score (nSPS) is 20.0. The van der Waals surface area contributed by atoms with Gasteiger partial charge in [-0.15, -0.1) is 0 Å². The lowest BCUT2D eigenvalue weighted by atomic mass is 9.86. The summed E-state index contributed by atoms with van der Waals surface area (Å²) in [6.45, 7) is 0. The molecule has 0 aliphatic heterocycles. The van der Waals surface area contributed by atoms with E-state index in [-0.39, 0.29) is 18.0 Å². The molecule has 8 heteroatoms. The van der Waals surface area contributed by atoms with E-state index in [4.69, 9.17) is 16.7 Å². The van der Waals surface area contributed by atoms with Crippen molar-refractivity contribution in [1.82, 2.24) is 15.1 Å². The predicted octanol–water partition coefficient (Wildman–Crippen LogP) is 3.29. The lowest BCUT2D eigenvalue weighted by Crippen LogP contribution is -2.41. The molecule has 3 N–H and O–H groups in total. The Morgan fingerprint density at radius 3 is 2.64 bits per heavy atom. The van der Waals surface area contributed by atoms with Crippen LogP contribution in [-0.2, 0) is 4.79 Å². The fraction of sp³-hybridized carbons (Fsp3) is 0.353. The number of benzene rings is 1. The molecule has 132 valence electrons. The molecule has 2 amide bonds. The molecular weight excluding hydrogens is 344 g/mol. The van der Waals surface area contributed by atoms with Crippen LogP contribution in [0.5, 0.6) is 0 Å². The van der Waals surface area contributed by atoms with Crippen LogP contribution in [0.15, 0.2) is 36.7 Å². The van der Waals surface area contributed by atoms with E-state index in [0.717, 1.165) is 0 Å². The Kier molecular flexibility index (Phi) is 5.23. The molecule has 2 aromatic rings. The fourth-order valence-electron chi connectivity index (χ4n) is 3.04. The highest BCUT2D eigenvalue weighted by atomic mass is 35.5. The van der Waals surface area contributed by atoms with Crippen LogP contribution in [0, 0.1) is 5.92 Å². The minimum absolute atomic E-state index is 0.0175. The number of amides is 2. The van der Waals surface area contributed by atoms with Crippen molar-refractivity contribution in [2.45, 2.75) is 31.7 Å². The predicted molar refractivity (Wildman–Crippen MR) is 94.1 cm³/mol. The molecule has 1 aromatic heterocycles. The van der Waals surface area contributed by atoms with Crippen LogP contribution >= 0.6 is 11.6 Å². The van der Waals surface area contributed by atoms with Gasteiger partial charge in [-0.3, -0.25) is 4.79 Å². The van der Waals surface area contributed by atoms with Crippen molar-refractivity contribution in [3.63, 3.8) is 0 Å². The van der Waals surface area contributed by atoms with Crippen molar-refractivity contribution in [2.24, 2.45) is 5.92 Å². The lowest BCUT2D eigenvalue weighted by Gasteiger charge is -2.27. The monoisotopic (exact) mass is 362 g/mol. The summed E-state index contributed by atoms with van der Waals surface area (Å²) < 4.78 is 1.62. The maximum atomic E-state index is 12.3. The second kappa shape index (κ2) is 7.57. The number of urea groups is 1. The van der Waals surface area contributed by atoms with Gasteiger partial charge in [0.2, 0.25) is 0 Å². The summed E-state index contributed by atoms with van der Waals surface area (Å²) in [5.41, 5.74) is 1.26. The van der Waals surface area contributed by atoms with Crippen LogP contribution in [0.25, 0.3) is 5.69 Å². The summed E-state index contributed by atoms with van der Waals surface area (Å²) in [6.07, 6.45) is 5.90. The Bertz CT molecular complexity index is 755. The minimum atomic E-state index is -0.757. The van der Waals surface area contributed by atoms with E-state index in [9.17, 15) is 9.59 Å². The van der Waals surface area contributed by atoms with Crippen LogP contribution in [0.1, 0.15) is 25.7 Å². The molecule has 1 heterocycles. The third-order valence-corrected chi connectivity index (χ3v) is 4.61. The van der Waals surface area contributed by atoms with Gasteiger partial charge in [0.1, 0.15) is 0 Å². The van der Waals surface area contributed by atoms with E-state index in [2.05, 4.69) is 15.7 Å². The Morgan fingerprint density at radius 1 is 1.24 bits per heavy atom. The zero-order valence-electron chi connectivity index (χ0n) is 13.5. The quantitative estimate of drug-likeness (QED) is 0.777. The summed E-state index contributed by atoms with van der Waals surface area (Å²) in [5.74, 6) is -1.06. The summed E-state index contributed by atoms with van der Waals surface area (Å²) in [4.78, 5) is 23.3. The van der Waals surface area contributed by atoms with Gasteiger partial charge in [-0.2, -0.15) is 5.10 Å². The Labute approximate surface area is 150 Å². The van der Waals surface area contributed by atoms with Crippen molar-refractivity contribution in [2.75, 3.05) is 5.32 Å². The van der Waals surface area contributed by atoms with Gasteiger partial charge in [0.15, 0.2) is 0 Å². The van der Waals surface area contributed by atoms with Crippen molar-refractivity contribution in [3.05, 3.63) is 41.7 Å². The van der Waals surface area contributed by atoms with Gasteiger partial charge in [0, 0.05) is 23.5 Å². The lowest BCUT2D eigenvalue weighted by molar-refractivity contribution is -0.142. The van der Waals surface area contributed by atoms with Crippen LogP contribution in [-0.4, -0.2) is 32.9 Å². The zero-order valence-corrected chi connectivity index (χ0v) is 14.2. The molecule has 0 radical (unpaired) electrons. The van der Waals surface area contributed by atoms with Crippen LogP contribution in [0.2, 0.25) is 5.02 Å². The maximum absolute atomic E-state index is 12.3. The molecule has 0 atom stereocenters. The molecule has 1 aromatic carbocycles. The van der Waals surface area contributed by atoms with Crippen molar-refractivity contribution in [3.8, 4) is 5.69 Å². The van der Waals surface area contributed by atoms with E-state index < -0.39 is 5.97 Å². The number of carbonyl (C=O) groups excluding carboxylic acids is 1. The fourth-order valence-corrected chi connectivity index (χ4v) is 3.21. The van der Waals surface area contributed by atoms with Gasteiger partial charge < -0.3 is 15.7 Å². The van der Waals surface area contributed by atoms with E-state index >= 15 is 0 Å². The number of nitrogens with zero attached hydrogens (tertiary/aromatic N) is 2. The van der Waals surface area contributed by atoms with Gasteiger partial charge >= 0.3 is 12.0 Å². The number of hydrogen-bond acceptors (Lipinski definition) is 3. The average molecular weight is 363 g/mol. The molecule has 3 rings (SSSR count). The Hall–Kier alpha value is -2.54. The van der Waals surface area contributed by atoms with Gasteiger partial charge in [-0.1, -0.05) is 11.6 Å². The third-order valence-electron chi connectivity index (χ3n) is 4.37. The molecule has 7 nitrogen and oxygen atoms in total. The molecule has 1 aliphatic rings. The van der Waals surface area contributed by atoms with Crippen molar-refractivity contribution >= 4 is 29.3 Å². The number of aliphatic carboxylic acids is 1. The maximum Gasteiger partial charge on any atom is 0.319 e. The van der Waals surface area contributed by atoms with Gasteiger partial charge in [0.25, 0.3) is 0 Å². The number of anilines is 1. The van der Waals surface area contributed by atoms with Crippen LogP contribution in [0.4, 0.5) is 10.5 Å². The number of carbonyl (C=O) groups is 2. The largest absolute Gasteiger partial charge is 0.481 e. The molecule has 0 saturated heterocycles. The standard InChI is InChI=1S/C17H19ClN4O3/c18-12-4-7-14(15(10-12)22-9-1-8-19-22)21-17(25)20-13-5-2-11(3-6-13)16(23)24/h1,4,7-11,13H,2-3,5-6H2,(H,23,24)(H2,20,21,25). The van der Waals surface area contributed by atoms with Gasteiger partial charge in [-0.05, 0) is 49.9 Å². The number of hydrogen-bond donors (Lipinski definition) is 3. The number of carboxylic acid groups (broad SMARTS) is 1. The highest BCUT2D eigenvalue weighted by Crippen LogP contribution is 2.26. The highest BCUT2D eigenvalue weighted by molar-refractivity contribution is 6.30. The van der Waals surface area contributed by atoms with Crippen LogP contribution in [0.3, 0.4) is 0 Å². The van der Waals surface area contributed by atoms with E-state index in [0.29, 0.717) is 42.1 Å². The molecular formula is C17H19ClN4O3. The summed E-state index contributed by atoms with van der Waals surface area (Å²) in [6, 6.07) is 6.58. The minimum Gasteiger partial charge on any atom is -0.481 e. The summed E-state index contributed by atoms with van der Waals surface area (Å²) in [5, 5.41) is 19.5. The van der Waals surface area contributed by atoms with Gasteiger partial charge in [-0.25, -0.2) is 9.48 Å². The topological polar surface area (TPSA) is 96.3 Å².